The van der Waals surface area contributed by atoms with E-state index in [1.54, 1.807) is 0 Å². The molecule has 210 valence electrons. The molecule has 4 fully saturated rings. The molecule has 1 saturated heterocycles. The van der Waals surface area contributed by atoms with E-state index in [2.05, 4.69) is 50.6 Å². The number of nitrogens with one attached hydrogen (secondary N) is 3. The van der Waals surface area contributed by atoms with Crippen LogP contribution < -0.4 is 16.0 Å². The fraction of sp³-hybridized carbons (Fsp3) is 1.00. The Kier molecular flexibility index (Phi) is 11.0. The third kappa shape index (κ3) is 7.46. The summed E-state index contributed by atoms with van der Waals surface area (Å²) in [7, 11) is 0. The van der Waals surface area contributed by atoms with Gasteiger partial charge < -0.3 is 9.84 Å². The Balaban J connectivity index is 1.40. The Morgan fingerprint density at radius 1 is 0.639 bits per heavy atom. The van der Waals surface area contributed by atoms with Gasteiger partial charge in [0.05, 0.1) is 30.7 Å². The van der Waals surface area contributed by atoms with Crippen LogP contribution in [0.15, 0.2) is 0 Å². The maximum atomic E-state index is 11.3. The first-order valence-electron chi connectivity index (χ1n) is 15.9. The van der Waals surface area contributed by atoms with Gasteiger partial charge in [-0.3, -0.25) is 16.0 Å². The van der Waals surface area contributed by atoms with Crippen molar-refractivity contribution in [3.63, 3.8) is 0 Å². The Labute approximate surface area is 222 Å². The van der Waals surface area contributed by atoms with Crippen LogP contribution in [0.4, 0.5) is 0 Å². The first kappa shape index (κ1) is 28.8. The standard InChI is InChI=1S/C31H59N3O2/c1-6-7-8-9-16-36-24-12-15-27(28(35)19-24)31-33-29(25-13-10-20(2)17-22(25)4)32-30(34-31)26-14-11-21(3)18-23(26)5/h20-35H,6-19H2,1-5H3. The van der Waals surface area contributed by atoms with E-state index in [1.807, 2.05) is 0 Å². The molecule has 0 spiro atoms. The zero-order valence-corrected chi connectivity index (χ0v) is 24.2. The van der Waals surface area contributed by atoms with E-state index in [4.69, 9.17) is 4.74 Å². The maximum Gasteiger partial charge on any atom is 0.0649 e. The second-order valence-electron chi connectivity index (χ2n) is 13.6. The fourth-order valence-corrected chi connectivity index (χ4v) is 8.29. The number of ether oxygens (including phenoxy) is 1. The largest absolute Gasteiger partial charge is 0.393 e. The quantitative estimate of drug-likeness (QED) is 0.289. The smallest absolute Gasteiger partial charge is 0.0649 e. The summed E-state index contributed by atoms with van der Waals surface area (Å²) >= 11 is 0. The third-order valence-corrected chi connectivity index (χ3v) is 10.5. The average molecular weight is 506 g/mol. The molecular formula is C31H59N3O2. The zero-order valence-electron chi connectivity index (χ0n) is 24.2. The Morgan fingerprint density at radius 3 is 1.67 bits per heavy atom. The zero-order chi connectivity index (χ0) is 25.7. The summed E-state index contributed by atoms with van der Waals surface area (Å²) in [5, 5.41) is 23.4. The summed E-state index contributed by atoms with van der Waals surface area (Å²) in [5.74, 6) is 4.78. The van der Waals surface area contributed by atoms with Crippen molar-refractivity contribution in [1.29, 1.82) is 0 Å². The average Bonchev–Trinajstić information content (AvgIpc) is 2.83. The van der Waals surface area contributed by atoms with Crippen LogP contribution in [0, 0.1) is 41.4 Å². The summed E-state index contributed by atoms with van der Waals surface area (Å²) in [6, 6.07) is 0. The van der Waals surface area contributed by atoms with Gasteiger partial charge in [-0.25, -0.2) is 0 Å². The number of hydrogen-bond acceptors (Lipinski definition) is 5. The van der Waals surface area contributed by atoms with Gasteiger partial charge in [-0.2, -0.15) is 0 Å². The predicted octanol–water partition coefficient (Wildman–Crippen LogP) is 6.02. The van der Waals surface area contributed by atoms with Crippen LogP contribution in [0.3, 0.4) is 0 Å². The molecule has 1 heterocycles. The molecule has 11 atom stereocenters. The van der Waals surface area contributed by atoms with Crippen molar-refractivity contribution in [2.24, 2.45) is 41.4 Å². The fourth-order valence-electron chi connectivity index (χ4n) is 8.29. The predicted molar refractivity (Wildman–Crippen MR) is 149 cm³/mol. The van der Waals surface area contributed by atoms with Gasteiger partial charge in [-0.1, -0.05) is 66.7 Å². The molecule has 1 aliphatic heterocycles. The molecule has 0 radical (unpaired) electrons. The number of rotatable bonds is 9. The highest BCUT2D eigenvalue weighted by molar-refractivity contribution is 4.98. The van der Waals surface area contributed by atoms with Crippen LogP contribution in [0.2, 0.25) is 0 Å². The van der Waals surface area contributed by atoms with E-state index in [0.717, 1.165) is 56.0 Å². The Hall–Kier alpha value is -0.200. The SMILES string of the molecule is CCCCCCOC1CCC(C2NC(C3CCC(C)CC3C)NC(C3CCC(C)CC3C)N2)C(O)C1. The minimum absolute atomic E-state index is 0.180. The van der Waals surface area contributed by atoms with Crippen molar-refractivity contribution in [2.75, 3.05) is 6.61 Å². The minimum atomic E-state index is -0.295. The second kappa shape index (κ2) is 13.7. The van der Waals surface area contributed by atoms with Crippen molar-refractivity contribution in [3.8, 4) is 0 Å². The first-order chi connectivity index (χ1) is 17.4. The molecule has 3 aliphatic carbocycles. The highest BCUT2D eigenvalue weighted by Crippen LogP contribution is 2.40. The van der Waals surface area contributed by atoms with E-state index in [-0.39, 0.29) is 24.3 Å². The molecule has 36 heavy (non-hydrogen) atoms. The molecule has 4 N–H and O–H groups in total. The molecule has 4 rings (SSSR count). The summed E-state index contributed by atoms with van der Waals surface area (Å²) in [6.45, 7) is 12.9. The summed E-state index contributed by atoms with van der Waals surface area (Å²) in [6.07, 6.45) is 16.7. The summed E-state index contributed by atoms with van der Waals surface area (Å²) < 4.78 is 6.20. The molecule has 11 unspecified atom stereocenters. The van der Waals surface area contributed by atoms with Crippen LogP contribution in [-0.2, 0) is 4.74 Å². The maximum absolute atomic E-state index is 11.3. The van der Waals surface area contributed by atoms with Gasteiger partial charge in [0, 0.05) is 12.5 Å². The van der Waals surface area contributed by atoms with Gasteiger partial charge in [-0.15, -0.1) is 0 Å². The molecule has 0 bridgehead atoms. The van der Waals surface area contributed by atoms with Gasteiger partial charge in [0.15, 0.2) is 0 Å². The number of aliphatic hydroxyl groups excluding tert-OH is 1. The third-order valence-electron chi connectivity index (χ3n) is 10.5. The monoisotopic (exact) mass is 505 g/mol. The van der Waals surface area contributed by atoms with Crippen LogP contribution in [0.5, 0.6) is 0 Å². The van der Waals surface area contributed by atoms with Crippen molar-refractivity contribution in [3.05, 3.63) is 0 Å². The Bertz CT molecular complexity index is 613. The normalized spacial score (nSPS) is 46.5. The lowest BCUT2D eigenvalue weighted by Gasteiger charge is -2.52. The van der Waals surface area contributed by atoms with E-state index >= 15 is 0 Å². The van der Waals surface area contributed by atoms with E-state index in [0.29, 0.717) is 24.2 Å². The molecule has 4 aliphatic rings. The molecule has 0 aromatic heterocycles. The molecule has 0 amide bonds. The van der Waals surface area contributed by atoms with Crippen LogP contribution in [0.25, 0.3) is 0 Å². The minimum Gasteiger partial charge on any atom is -0.393 e. The van der Waals surface area contributed by atoms with Crippen LogP contribution in [0.1, 0.15) is 118 Å². The highest BCUT2D eigenvalue weighted by atomic mass is 16.5. The van der Waals surface area contributed by atoms with Crippen molar-refractivity contribution < 1.29 is 9.84 Å². The summed E-state index contributed by atoms with van der Waals surface area (Å²) in [4.78, 5) is 0. The summed E-state index contributed by atoms with van der Waals surface area (Å²) in [5.41, 5.74) is 0. The highest BCUT2D eigenvalue weighted by Gasteiger charge is 2.45. The lowest BCUT2D eigenvalue weighted by molar-refractivity contribution is -0.0649. The molecule has 0 aromatic carbocycles. The number of aliphatic hydroxyl groups is 1. The van der Waals surface area contributed by atoms with E-state index in [1.165, 1.54) is 57.8 Å². The Morgan fingerprint density at radius 2 is 1.17 bits per heavy atom. The van der Waals surface area contributed by atoms with Crippen LogP contribution in [-0.4, -0.2) is 42.4 Å². The van der Waals surface area contributed by atoms with Crippen molar-refractivity contribution in [2.45, 2.75) is 149 Å². The van der Waals surface area contributed by atoms with E-state index in [9.17, 15) is 5.11 Å². The van der Waals surface area contributed by atoms with Gasteiger partial charge in [0.1, 0.15) is 0 Å². The van der Waals surface area contributed by atoms with Gasteiger partial charge in [0.2, 0.25) is 0 Å². The molecule has 3 saturated carbocycles. The van der Waals surface area contributed by atoms with E-state index < -0.39 is 0 Å². The molecule has 5 heteroatoms. The van der Waals surface area contributed by atoms with Gasteiger partial charge in [0.25, 0.3) is 0 Å². The topological polar surface area (TPSA) is 65.5 Å². The number of hydrogen-bond donors (Lipinski definition) is 4. The van der Waals surface area contributed by atoms with Crippen LogP contribution >= 0.6 is 0 Å². The molecular weight excluding hydrogens is 446 g/mol. The lowest BCUT2D eigenvalue weighted by atomic mass is 9.71. The van der Waals surface area contributed by atoms with Crippen molar-refractivity contribution >= 4 is 0 Å². The molecule has 5 nitrogen and oxygen atoms in total. The molecule has 0 aromatic rings. The number of unbranched alkanes of at least 4 members (excludes halogenated alkanes) is 3. The second-order valence-corrected chi connectivity index (χ2v) is 13.6. The van der Waals surface area contributed by atoms with Crippen molar-refractivity contribution in [1.82, 2.24) is 16.0 Å². The van der Waals surface area contributed by atoms with Gasteiger partial charge in [-0.05, 0) is 86.9 Å². The van der Waals surface area contributed by atoms with Gasteiger partial charge >= 0.3 is 0 Å². The lowest BCUT2D eigenvalue weighted by Crippen LogP contribution is -2.74. The first-order valence-corrected chi connectivity index (χ1v) is 15.9.